The molecule has 8 aliphatic rings. The van der Waals surface area contributed by atoms with Gasteiger partial charge in [-0.15, -0.1) is 0 Å². The Morgan fingerprint density at radius 2 is 0.881 bits per heavy atom. The number of methoxy groups -OCH3 is 4. The minimum absolute atomic E-state index is 0.0531. The molecule has 12 heterocycles. The van der Waals surface area contributed by atoms with E-state index >= 15 is 0 Å². The molecule has 8 aliphatic heterocycles. The monoisotopic (exact) mass is 1590 g/mol. The molecule has 0 aliphatic carbocycles. The summed E-state index contributed by atoms with van der Waals surface area (Å²) in [5.41, 5.74) is 11.5. The van der Waals surface area contributed by atoms with Crippen LogP contribution in [0.15, 0.2) is 225 Å². The Bertz CT molecular complexity index is 5780. The van der Waals surface area contributed by atoms with Crippen molar-refractivity contribution in [3.63, 3.8) is 0 Å². The summed E-state index contributed by atoms with van der Waals surface area (Å²) in [6, 6.07) is 62.9. The number of hydrogen-bond acceptors (Lipinski definition) is 14. The topological polar surface area (TPSA) is 201 Å². The zero-order chi connectivity index (χ0) is 81.6. The Balaban J connectivity index is 0.000000113. The van der Waals surface area contributed by atoms with Crippen LogP contribution in [0.2, 0.25) is 0 Å². The van der Waals surface area contributed by atoms with Crippen LogP contribution in [0.25, 0.3) is 33.9 Å². The predicted molar refractivity (Wildman–Crippen MR) is 440 cm³/mol. The molecule has 0 bridgehead atoms. The van der Waals surface area contributed by atoms with Crippen LogP contribution in [-0.4, -0.2) is 153 Å². The van der Waals surface area contributed by atoms with Gasteiger partial charge in [-0.1, -0.05) is 85.8 Å². The highest BCUT2D eigenvalue weighted by molar-refractivity contribution is 5.98. The fraction of sp³-hybridized carbons (Fsp3) is 0.298. The summed E-state index contributed by atoms with van der Waals surface area (Å²) >= 11 is 0. The molecule has 118 heavy (non-hydrogen) atoms. The Morgan fingerprint density at radius 3 is 1.43 bits per heavy atom. The van der Waals surface area contributed by atoms with Crippen LogP contribution >= 0.6 is 0 Å². The lowest BCUT2D eigenvalue weighted by Gasteiger charge is -2.45. The number of nitrogens with zero attached hydrogens (tertiary/aromatic N) is 10. The fourth-order valence-corrected chi connectivity index (χ4v) is 18.1. The second-order valence-electron chi connectivity index (χ2n) is 30.9. The van der Waals surface area contributed by atoms with Gasteiger partial charge in [-0.05, 0) is 121 Å². The van der Waals surface area contributed by atoms with Gasteiger partial charge in [-0.3, -0.25) is 28.5 Å². The second-order valence-corrected chi connectivity index (χ2v) is 30.9. The largest absolute Gasteiger partial charge is 0.496 e. The molecule has 0 atom stereocenters. The quantitative estimate of drug-likeness (QED) is 0.132. The van der Waals surface area contributed by atoms with Crippen molar-refractivity contribution >= 4 is 23.6 Å². The van der Waals surface area contributed by atoms with E-state index in [9.17, 15) is 28.0 Å². The molecular formula is C94H92F2N10O12. The van der Waals surface area contributed by atoms with Crippen LogP contribution in [-0.2, 0) is 42.9 Å². The zero-order valence-corrected chi connectivity index (χ0v) is 67.0. The first kappa shape index (κ1) is 77.5. The van der Waals surface area contributed by atoms with Crippen molar-refractivity contribution in [1.82, 2.24) is 48.3 Å². The van der Waals surface area contributed by atoms with Gasteiger partial charge in [-0.2, -0.15) is 10.2 Å². The number of amides is 4. The van der Waals surface area contributed by atoms with Crippen molar-refractivity contribution in [2.24, 2.45) is 14.1 Å². The molecule has 8 aromatic carbocycles. The maximum Gasteiger partial charge on any atom is 0.257 e. The van der Waals surface area contributed by atoms with Gasteiger partial charge >= 0.3 is 0 Å². The average Bonchev–Trinajstić information content (AvgIpc) is 1.54. The highest BCUT2D eigenvalue weighted by Gasteiger charge is 2.50. The average molecular weight is 1590 g/mol. The first-order valence-corrected chi connectivity index (χ1v) is 40.1. The van der Waals surface area contributed by atoms with Crippen LogP contribution < -0.4 is 37.9 Å². The smallest absolute Gasteiger partial charge is 0.257 e. The molecule has 4 aromatic heterocycles. The molecule has 0 unspecified atom stereocenters. The normalized spacial score (nSPS) is 16.6. The minimum atomic E-state index is -1.10. The Morgan fingerprint density at radius 1 is 0.424 bits per heavy atom. The van der Waals surface area contributed by atoms with E-state index < -0.39 is 34.3 Å². The summed E-state index contributed by atoms with van der Waals surface area (Å²) in [5.74, 6) is 3.12. The predicted octanol–water partition coefficient (Wildman–Crippen LogP) is 16.1. The summed E-state index contributed by atoms with van der Waals surface area (Å²) in [6.07, 6.45) is 14.5. The van der Waals surface area contributed by atoms with Gasteiger partial charge in [0, 0.05) is 182 Å². The molecule has 4 spiro atoms. The number of aryl methyl sites for hydroxylation is 3. The maximum atomic E-state index is 14.1. The van der Waals surface area contributed by atoms with E-state index in [2.05, 4.69) is 69.9 Å². The van der Waals surface area contributed by atoms with Crippen molar-refractivity contribution in [2.75, 3.05) is 80.8 Å². The molecule has 24 heteroatoms. The number of para-hydroxylation sites is 6. The van der Waals surface area contributed by atoms with E-state index in [1.54, 1.807) is 45.5 Å². The Labute approximate surface area is 683 Å². The third kappa shape index (κ3) is 13.9. The number of rotatable bonds is 9. The summed E-state index contributed by atoms with van der Waals surface area (Å²) in [7, 11) is 10.1. The molecule has 4 amide bonds. The fourth-order valence-electron chi connectivity index (χ4n) is 18.1. The molecule has 604 valence electrons. The number of piperidine rings is 4. The van der Waals surface area contributed by atoms with E-state index in [4.69, 9.17) is 43.0 Å². The molecule has 0 radical (unpaired) electrons. The van der Waals surface area contributed by atoms with Gasteiger partial charge in [0.2, 0.25) is 0 Å². The van der Waals surface area contributed by atoms with Crippen molar-refractivity contribution < 1.29 is 65.9 Å². The molecule has 22 nitrogen and oxygen atoms in total. The van der Waals surface area contributed by atoms with E-state index in [1.807, 2.05) is 184 Å². The number of carbonyl (C=O) groups is 4. The highest BCUT2D eigenvalue weighted by Crippen LogP contribution is 2.53. The standard InChI is InChI=1S/C25H27N3O5.C25H26N2O3.C22H19F2N3O2.C22H20N2O2/c1-27-15-18-23(26-27)16-7-5-6-8-19(16)33-25(18)9-11-28(12-10-25)24(29)17-13-21(31-3)22(32-4)14-20(17)30-2;1-3-18-10-11-19(17-22(18)29-2)24(28)26-15-12-25(13-16-26)23-9-6-14-27(23)20-7-4-5-8-21(20)30-25;1-26-20-14-5-2-3-8-18(14)29-22(16(20)13-25-26)9-11-27(12-10-22)21(28)15-6-4-7-17(23)19(15)24;25-21(17-7-2-1-3-8-17)23-15-12-22(13-16-23)20-11-6-14-24(20)18-9-4-5-10-19(18)26-22/h5-8,13-15H,9-12H2,1-4H3;4-11,14,17H,3,12-13,15-16H2,1-2H3;2-8,13H,9-12H2,1H3;1-11,14H,12-13,15-16H2. The van der Waals surface area contributed by atoms with Crippen LogP contribution in [0.1, 0.15) is 128 Å². The van der Waals surface area contributed by atoms with Crippen LogP contribution in [0, 0.1) is 11.6 Å². The first-order valence-electron chi connectivity index (χ1n) is 40.1. The van der Waals surface area contributed by atoms with E-state index in [1.165, 1.54) is 23.5 Å². The van der Waals surface area contributed by atoms with Crippen molar-refractivity contribution in [1.29, 1.82) is 0 Å². The first-order chi connectivity index (χ1) is 57.4. The van der Waals surface area contributed by atoms with E-state index in [0.29, 0.717) is 106 Å². The zero-order valence-electron chi connectivity index (χ0n) is 67.0. The lowest BCUT2D eigenvalue weighted by atomic mass is 9.81. The molecule has 4 fully saturated rings. The van der Waals surface area contributed by atoms with Crippen molar-refractivity contribution in [3.05, 3.63) is 287 Å². The maximum absolute atomic E-state index is 14.1. The molecule has 4 saturated heterocycles. The van der Waals surface area contributed by atoms with Crippen LogP contribution in [0.4, 0.5) is 8.78 Å². The van der Waals surface area contributed by atoms with E-state index in [0.717, 1.165) is 123 Å². The molecule has 0 saturated carbocycles. The summed E-state index contributed by atoms with van der Waals surface area (Å²) in [4.78, 5) is 59.4. The number of halogens is 2. The van der Waals surface area contributed by atoms with Gasteiger partial charge in [-0.25, -0.2) is 8.78 Å². The lowest BCUT2D eigenvalue weighted by molar-refractivity contribution is -0.00977. The van der Waals surface area contributed by atoms with E-state index in [-0.39, 0.29) is 28.9 Å². The summed E-state index contributed by atoms with van der Waals surface area (Å²) < 4.78 is 83.6. The van der Waals surface area contributed by atoms with Gasteiger partial charge in [0.1, 0.15) is 51.4 Å². The molecule has 12 aromatic rings. The summed E-state index contributed by atoms with van der Waals surface area (Å²) in [6.45, 7) is 6.65. The number of benzene rings is 8. The van der Waals surface area contributed by atoms with Gasteiger partial charge in [0.05, 0.1) is 74.2 Å². The Hall–Kier alpha value is -13.1. The minimum Gasteiger partial charge on any atom is -0.496 e. The van der Waals surface area contributed by atoms with Gasteiger partial charge < -0.3 is 66.6 Å². The van der Waals surface area contributed by atoms with Crippen molar-refractivity contribution in [3.8, 4) is 79.9 Å². The number of ether oxygens (including phenoxy) is 8. The molecular weight excluding hydrogens is 1500 g/mol. The van der Waals surface area contributed by atoms with Gasteiger partial charge in [0.15, 0.2) is 34.3 Å². The third-order valence-corrected chi connectivity index (χ3v) is 24.4. The number of carbonyl (C=O) groups excluding carboxylic acids is 4. The SMILES string of the molecule is CCc1ccc(C(=O)N2CCC3(CC2)Oc2ccccc2-n2cccc23)cc1OC.COc1cc(OC)c(C(=O)N2CCC3(CC2)Oc2ccccc2-c2nn(C)cc23)cc1OC.Cn1ncc2c1-c1ccccc1OC21CCN(C(=O)c2cccc(F)c2F)CC1.O=C(c1ccccc1)N1CCC2(CC1)Oc1ccccc1-n1cccc12. The van der Waals surface area contributed by atoms with Gasteiger partial charge in [0.25, 0.3) is 23.6 Å². The number of fused-ring (bicyclic) bond motifs is 16. The molecule has 20 rings (SSSR count). The van der Waals surface area contributed by atoms with Crippen molar-refractivity contribution in [2.45, 2.75) is 87.1 Å². The lowest BCUT2D eigenvalue weighted by Crippen LogP contribution is -2.50. The summed E-state index contributed by atoms with van der Waals surface area (Å²) in [5, 5.41) is 9.15. The second kappa shape index (κ2) is 31.8. The number of hydrogen-bond donors (Lipinski definition) is 0. The van der Waals surface area contributed by atoms with Crippen LogP contribution in [0.3, 0.4) is 0 Å². The highest BCUT2D eigenvalue weighted by atomic mass is 19.2. The third-order valence-electron chi connectivity index (χ3n) is 24.4. The molecule has 0 N–H and O–H groups in total. The van der Waals surface area contributed by atoms with Crippen LogP contribution in [0.5, 0.6) is 46.0 Å². The number of likely N-dealkylation sites (tertiary alicyclic amines) is 4. The Kier molecular flexibility index (Phi) is 20.9. The number of aromatic nitrogens is 6.